The zero-order valence-electron chi connectivity index (χ0n) is 16.8. The maximum Gasteiger partial charge on any atom is 0.228 e. The standard InChI is InChI=1S/C22H30N4O/c1-16-8-7-9-20(17(16)2)24-22(27)18(3)19(4)25-12-14-26(15-13-25)21-10-5-6-11-23-21/h5-11,18-19H,12-15H2,1-4H3,(H,24,27). The number of piperazine rings is 1. The Hall–Kier alpha value is -2.40. The largest absolute Gasteiger partial charge is 0.354 e. The first-order valence-electron chi connectivity index (χ1n) is 9.74. The number of amides is 1. The number of nitrogens with one attached hydrogen (secondary N) is 1. The van der Waals surface area contributed by atoms with Gasteiger partial charge in [-0.25, -0.2) is 4.98 Å². The van der Waals surface area contributed by atoms with E-state index in [9.17, 15) is 4.79 Å². The van der Waals surface area contributed by atoms with Crippen LogP contribution in [0.2, 0.25) is 0 Å². The second-order valence-electron chi connectivity index (χ2n) is 7.48. The number of nitrogens with zero attached hydrogens (tertiary/aromatic N) is 3. The highest BCUT2D eigenvalue weighted by Crippen LogP contribution is 2.21. The smallest absolute Gasteiger partial charge is 0.228 e. The number of carbonyl (C=O) groups excluding carboxylic acids is 1. The van der Waals surface area contributed by atoms with Gasteiger partial charge in [-0.2, -0.15) is 0 Å². The molecule has 3 rings (SSSR count). The Morgan fingerprint density at radius 2 is 1.78 bits per heavy atom. The number of pyridine rings is 1. The van der Waals surface area contributed by atoms with E-state index in [4.69, 9.17) is 0 Å². The first-order chi connectivity index (χ1) is 13.0. The molecule has 144 valence electrons. The van der Waals surface area contributed by atoms with Crippen LogP contribution in [0, 0.1) is 19.8 Å². The van der Waals surface area contributed by atoms with Gasteiger partial charge in [0.1, 0.15) is 5.82 Å². The van der Waals surface area contributed by atoms with Crippen molar-refractivity contribution in [1.29, 1.82) is 0 Å². The molecule has 2 unspecified atom stereocenters. The van der Waals surface area contributed by atoms with Crippen molar-refractivity contribution in [2.75, 3.05) is 36.4 Å². The number of rotatable bonds is 5. The summed E-state index contributed by atoms with van der Waals surface area (Å²) in [5.74, 6) is 1.04. The zero-order chi connectivity index (χ0) is 19.4. The molecule has 1 saturated heterocycles. The lowest BCUT2D eigenvalue weighted by Crippen LogP contribution is -2.52. The van der Waals surface area contributed by atoms with Gasteiger partial charge in [-0.15, -0.1) is 0 Å². The quantitative estimate of drug-likeness (QED) is 0.880. The molecule has 5 heteroatoms. The lowest BCUT2D eigenvalue weighted by atomic mass is 9.99. The van der Waals surface area contributed by atoms with Gasteiger partial charge in [-0.3, -0.25) is 9.69 Å². The van der Waals surface area contributed by atoms with Crippen LogP contribution in [0.3, 0.4) is 0 Å². The molecule has 0 radical (unpaired) electrons. The monoisotopic (exact) mass is 366 g/mol. The van der Waals surface area contributed by atoms with E-state index in [2.05, 4.69) is 53.0 Å². The maximum absolute atomic E-state index is 12.8. The molecule has 1 aromatic heterocycles. The third-order valence-electron chi connectivity index (χ3n) is 5.86. The summed E-state index contributed by atoms with van der Waals surface area (Å²) < 4.78 is 0. The van der Waals surface area contributed by atoms with Crippen molar-refractivity contribution >= 4 is 17.4 Å². The van der Waals surface area contributed by atoms with Crippen LogP contribution in [0.4, 0.5) is 11.5 Å². The highest BCUT2D eigenvalue weighted by molar-refractivity contribution is 5.93. The van der Waals surface area contributed by atoms with Crippen LogP contribution in [0.15, 0.2) is 42.6 Å². The summed E-state index contributed by atoms with van der Waals surface area (Å²) in [6, 6.07) is 12.2. The molecule has 0 bridgehead atoms. The van der Waals surface area contributed by atoms with Crippen LogP contribution in [0.5, 0.6) is 0 Å². The van der Waals surface area contributed by atoms with Gasteiger partial charge in [-0.1, -0.05) is 25.1 Å². The minimum Gasteiger partial charge on any atom is -0.354 e. The average Bonchev–Trinajstić information content (AvgIpc) is 2.71. The summed E-state index contributed by atoms with van der Waals surface area (Å²) in [6.07, 6.45) is 1.84. The summed E-state index contributed by atoms with van der Waals surface area (Å²) in [6.45, 7) is 12.1. The van der Waals surface area contributed by atoms with Crippen molar-refractivity contribution in [3.8, 4) is 0 Å². The summed E-state index contributed by atoms with van der Waals surface area (Å²) in [4.78, 5) is 21.9. The molecular weight excluding hydrogens is 336 g/mol. The molecule has 1 aromatic carbocycles. The van der Waals surface area contributed by atoms with E-state index in [-0.39, 0.29) is 17.9 Å². The van der Waals surface area contributed by atoms with E-state index in [1.54, 1.807) is 0 Å². The Balaban J connectivity index is 1.56. The predicted octanol–water partition coefficient (Wildman–Crippen LogP) is 3.48. The molecule has 0 saturated carbocycles. The van der Waals surface area contributed by atoms with E-state index in [1.165, 1.54) is 5.56 Å². The summed E-state index contributed by atoms with van der Waals surface area (Å²) in [5, 5.41) is 3.12. The van der Waals surface area contributed by atoms with Crippen LogP contribution in [0.1, 0.15) is 25.0 Å². The molecule has 1 aliphatic heterocycles. The Morgan fingerprint density at radius 3 is 2.44 bits per heavy atom. The Morgan fingerprint density at radius 1 is 1.04 bits per heavy atom. The molecule has 2 atom stereocenters. The van der Waals surface area contributed by atoms with Crippen molar-refractivity contribution in [2.45, 2.75) is 33.7 Å². The number of hydrogen-bond acceptors (Lipinski definition) is 4. The number of aryl methyl sites for hydroxylation is 1. The van der Waals surface area contributed by atoms with Crippen LogP contribution in [0.25, 0.3) is 0 Å². The Labute approximate surface area is 162 Å². The first kappa shape index (κ1) is 19.4. The number of benzene rings is 1. The van der Waals surface area contributed by atoms with Gasteiger partial charge in [0.2, 0.25) is 5.91 Å². The first-order valence-corrected chi connectivity index (χ1v) is 9.74. The normalized spacial score (nSPS) is 17.4. The van der Waals surface area contributed by atoms with Crippen LogP contribution in [-0.2, 0) is 4.79 Å². The van der Waals surface area contributed by atoms with Gasteiger partial charge < -0.3 is 10.2 Å². The molecular formula is C22H30N4O. The second kappa shape index (κ2) is 8.53. The van der Waals surface area contributed by atoms with Crippen molar-refractivity contribution in [3.63, 3.8) is 0 Å². The minimum atomic E-state index is -0.0775. The van der Waals surface area contributed by atoms with E-state index in [0.717, 1.165) is 43.2 Å². The topological polar surface area (TPSA) is 48.5 Å². The number of anilines is 2. The summed E-state index contributed by atoms with van der Waals surface area (Å²) in [5.41, 5.74) is 3.24. The third kappa shape index (κ3) is 4.48. The molecule has 2 aromatic rings. The van der Waals surface area contributed by atoms with Crippen molar-refractivity contribution in [1.82, 2.24) is 9.88 Å². The minimum absolute atomic E-state index is 0.0775. The summed E-state index contributed by atoms with van der Waals surface area (Å²) >= 11 is 0. The fourth-order valence-corrected chi connectivity index (χ4v) is 3.57. The third-order valence-corrected chi connectivity index (χ3v) is 5.86. The highest BCUT2D eigenvalue weighted by Gasteiger charge is 2.28. The SMILES string of the molecule is Cc1cccc(NC(=O)C(C)C(C)N2CCN(c3ccccn3)CC2)c1C. The van der Waals surface area contributed by atoms with E-state index in [0.29, 0.717) is 0 Å². The predicted molar refractivity (Wildman–Crippen MR) is 111 cm³/mol. The number of aromatic nitrogens is 1. The molecule has 2 heterocycles. The van der Waals surface area contributed by atoms with Crippen LogP contribution in [-0.4, -0.2) is 48.0 Å². The van der Waals surface area contributed by atoms with Crippen LogP contribution >= 0.6 is 0 Å². The maximum atomic E-state index is 12.8. The number of hydrogen-bond donors (Lipinski definition) is 1. The molecule has 0 spiro atoms. The van der Waals surface area contributed by atoms with Gasteiger partial charge in [0.05, 0.1) is 5.92 Å². The van der Waals surface area contributed by atoms with Gasteiger partial charge >= 0.3 is 0 Å². The van der Waals surface area contributed by atoms with Crippen LogP contribution < -0.4 is 10.2 Å². The fourth-order valence-electron chi connectivity index (χ4n) is 3.57. The summed E-state index contributed by atoms with van der Waals surface area (Å²) in [7, 11) is 0. The van der Waals surface area contributed by atoms with Gasteiger partial charge in [0.25, 0.3) is 0 Å². The molecule has 0 aliphatic carbocycles. The lowest BCUT2D eigenvalue weighted by Gasteiger charge is -2.40. The second-order valence-corrected chi connectivity index (χ2v) is 7.48. The molecule has 5 nitrogen and oxygen atoms in total. The molecule has 27 heavy (non-hydrogen) atoms. The zero-order valence-corrected chi connectivity index (χ0v) is 16.8. The van der Waals surface area contributed by atoms with Gasteiger partial charge in [-0.05, 0) is 50.1 Å². The van der Waals surface area contributed by atoms with Crippen molar-refractivity contribution in [2.24, 2.45) is 5.92 Å². The lowest BCUT2D eigenvalue weighted by molar-refractivity contribution is -0.121. The van der Waals surface area contributed by atoms with Crippen molar-refractivity contribution < 1.29 is 4.79 Å². The van der Waals surface area contributed by atoms with E-state index < -0.39 is 0 Å². The Kier molecular flexibility index (Phi) is 6.11. The van der Waals surface area contributed by atoms with Crippen molar-refractivity contribution in [3.05, 3.63) is 53.7 Å². The van der Waals surface area contributed by atoms with Gasteiger partial charge in [0, 0.05) is 44.1 Å². The van der Waals surface area contributed by atoms with Gasteiger partial charge in [0.15, 0.2) is 0 Å². The fraction of sp³-hybridized carbons (Fsp3) is 0.455. The average molecular weight is 367 g/mol. The molecule has 1 aliphatic rings. The molecule has 1 fully saturated rings. The van der Waals surface area contributed by atoms with E-state index in [1.807, 2.05) is 37.4 Å². The van der Waals surface area contributed by atoms with E-state index >= 15 is 0 Å². The highest BCUT2D eigenvalue weighted by atomic mass is 16.1. The number of carbonyl (C=O) groups is 1. The molecule has 1 amide bonds. The molecule has 1 N–H and O–H groups in total. The Bertz CT molecular complexity index is 769.